The molecular weight excluding hydrogens is 484 g/mol. The standard InChI is InChI=1S/C34H32N2O3/c1-5-22-16-18-24(19-17-22)34(4)21-33(2,3)36(28-15-7-6-14-27(28)34)29(37)20-35-31(38)25-12-8-10-23-11-9-13-26(30(23)25)32(35)39/h6-19H,5,20-21H2,1-4H3/t34-/m0/s1. The molecule has 6 rings (SSSR count). The zero-order valence-corrected chi connectivity index (χ0v) is 22.8. The van der Waals surface area contributed by atoms with Gasteiger partial charge in [0.05, 0.1) is 0 Å². The SMILES string of the molecule is CCc1ccc([C@]2(C)CC(C)(C)N(C(=O)CN3C(=O)c4cccc5cccc(c45)C3=O)c3ccccc32)cc1. The van der Waals surface area contributed by atoms with Gasteiger partial charge in [0.2, 0.25) is 5.91 Å². The number of amides is 3. The Labute approximate surface area is 229 Å². The Balaban J connectivity index is 1.38. The number of carbonyl (C=O) groups excluding carboxylic acids is 3. The summed E-state index contributed by atoms with van der Waals surface area (Å²) in [4.78, 5) is 44.0. The van der Waals surface area contributed by atoms with Crippen molar-refractivity contribution < 1.29 is 14.4 Å². The highest BCUT2D eigenvalue weighted by atomic mass is 16.2. The van der Waals surface area contributed by atoms with E-state index in [9.17, 15) is 14.4 Å². The van der Waals surface area contributed by atoms with E-state index in [1.807, 2.05) is 42.5 Å². The Hall–Kier alpha value is -4.25. The molecule has 5 nitrogen and oxygen atoms in total. The van der Waals surface area contributed by atoms with Gasteiger partial charge in [0.25, 0.3) is 11.8 Å². The van der Waals surface area contributed by atoms with Gasteiger partial charge in [-0.3, -0.25) is 19.3 Å². The molecule has 0 radical (unpaired) electrons. The summed E-state index contributed by atoms with van der Waals surface area (Å²) in [6.45, 7) is 8.20. The zero-order valence-electron chi connectivity index (χ0n) is 22.8. The van der Waals surface area contributed by atoms with Crippen molar-refractivity contribution in [2.45, 2.75) is 51.5 Å². The molecule has 4 aromatic rings. The van der Waals surface area contributed by atoms with Gasteiger partial charge in [0.1, 0.15) is 6.54 Å². The van der Waals surface area contributed by atoms with E-state index in [0.29, 0.717) is 22.9 Å². The number of benzene rings is 4. The van der Waals surface area contributed by atoms with Crippen molar-refractivity contribution in [3.8, 4) is 0 Å². The van der Waals surface area contributed by atoms with E-state index in [-0.39, 0.29) is 17.9 Å². The van der Waals surface area contributed by atoms with Gasteiger partial charge in [-0.15, -0.1) is 0 Å². The minimum absolute atomic E-state index is 0.274. The molecule has 1 atom stereocenters. The summed E-state index contributed by atoms with van der Waals surface area (Å²) in [5.41, 5.74) is 4.41. The van der Waals surface area contributed by atoms with Crippen molar-refractivity contribution in [3.05, 3.63) is 113 Å². The van der Waals surface area contributed by atoms with Gasteiger partial charge in [0, 0.05) is 33.2 Å². The Morgan fingerprint density at radius 1 is 0.795 bits per heavy atom. The summed E-state index contributed by atoms with van der Waals surface area (Å²) >= 11 is 0. The van der Waals surface area contributed by atoms with Crippen LogP contribution in [0.3, 0.4) is 0 Å². The third kappa shape index (κ3) is 3.79. The summed E-state index contributed by atoms with van der Waals surface area (Å²) < 4.78 is 0. The van der Waals surface area contributed by atoms with Crippen molar-refractivity contribution in [2.75, 3.05) is 11.4 Å². The average Bonchev–Trinajstić information content (AvgIpc) is 2.93. The van der Waals surface area contributed by atoms with Crippen molar-refractivity contribution in [2.24, 2.45) is 0 Å². The molecule has 0 bridgehead atoms. The number of anilines is 1. The van der Waals surface area contributed by atoms with Crippen molar-refractivity contribution in [3.63, 3.8) is 0 Å². The lowest BCUT2D eigenvalue weighted by Gasteiger charge is -2.51. The maximum atomic E-state index is 14.1. The van der Waals surface area contributed by atoms with Crippen LogP contribution >= 0.6 is 0 Å². The predicted molar refractivity (Wildman–Crippen MR) is 154 cm³/mol. The Bertz CT molecular complexity index is 1600. The lowest BCUT2D eigenvalue weighted by Crippen LogP contribution is -2.58. The fourth-order valence-corrected chi connectivity index (χ4v) is 6.77. The van der Waals surface area contributed by atoms with Crippen LogP contribution in [0.1, 0.15) is 71.5 Å². The number of rotatable bonds is 4. The molecule has 3 amide bonds. The molecule has 0 saturated heterocycles. The molecule has 2 aliphatic rings. The largest absolute Gasteiger partial charge is 0.305 e. The van der Waals surface area contributed by atoms with Gasteiger partial charge in [-0.1, -0.05) is 80.6 Å². The van der Waals surface area contributed by atoms with E-state index in [1.165, 1.54) is 11.1 Å². The highest BCUT2D eigenvalue weighted by molar-refractivity contribution is 6.26. The fourth-order valence-electron chi connectivity index (χ4n) is 6.77. The summed E-state index contributed by atoms with van der Waals surface area (Å²) in [7, 11) is 0. The van der Waals surface area contributed by atoms with E-state index in [1.54, 1.807) is 17.0 Å². The highest BCUT2D eigenvalue weighted by Crippen LogP contribution is 2.50. The number of para-hydroxylation sites is 1. The summed E-state index contributed by atoms with van der Waals surface area (Å²) in [5, 5.41) is 1.50. The smallest absolute Gasteiger partial charge is 0.261 e. The van der Waals surface area contributed by atoms with Crippen molar-refractivity contribution in [1.29, 1.82) is 0 Å². The van der Waals surface area contributed by atoms with E-state index < -0.39 is 17.4 Å². The quantitative estimate of drug-likeness (QED) is 0.290. The fraction of sp³-hybridized carbons (Fsp3) is 0.265. The molecule has 0 unspecified atom stereocenters. The van der Waals surface area contributed by atoms with Crippen LogP contribution in [0.2, 0.25) is 0 Å². The number of aryl methyl sites for hydroxylation is 1. The molecule has 5 heteroatoms. The van der Waals surface area contributed by atoms with Gasteiger partial charge in [-0.05, 0) is 67.0 Å². The molecule has 4 aromatic carbocycles. The second-order valence-electron chi connectivity index (χ2n) is 11.5. The number of imide groups is 1. The molecule has 39 heavy (non-hydrogen) atoms. The van der Waals surface area contributed by atoms with Gasteiger partial charge in [-0.25, -0.2) is 0 Å². The van der Waals surface area contributed by atoms with Crippen molar-refractivity contribution >= 4 is 34.2 Å². The van der Waals surface area contributed by atoms with Crippen LogP contribution in [0.15, 0.2) is 84.9 Å². The third-order valence-electron chi connectivity index (χ3n) is 8.53. The van der Waals surface area contributed by atoms with Crippen LogP contribution in [0.4, 0.5) is 5.69 Å². The predicted octanol–water partition coefficient (Wildman–Crippen LogP) is 6.52. The van der Waals surface area contributed by atoms with Crippen molar-refractivity contribution in [1.82, 2.24) is 4.90 Å². The van der Waals surface area contributed by atoms with Crippen LogP contribution < -0.4 is 4.90 Å². The minimum Gasteiger partial charge on any atom is -0.305 e. The molecule has 0 N–H and O–H groups in total. The Morgan fingerprint density at radius 3 is 2.03 bits per heavy atom. The molecule has 0 aromatic heterocycles. The van der Waals surface area contributed by atoms with E-state index in [0.717, 1.165) is 28.0 Å². The zero-order chi connectivity index (χ0) is 27.5. The van der Waals surface area contributed by atoms with Crippen LogP contribution in [0.5, 0.6) is 0 Å². The molecule has 196 valence electrons. The van der Waals surface area contributed by atoms with Crippen LogP contribution in [0.25, 0.3) is 10.8 Å². The summed E-state index contributed by atoms with van der Waals surface area (Å²) in [5.74, 6) is -1.13. The third-order valence-corrected chi connectivity index (χ3v) is 8.53. The van der Waals surface area contributed by atoms with E-state index in [4.69, 9.17) is 0 Å². The molecule has 2 heterocycles. The Morgan fingerprint density at radius 2 is 1.41 bits per heavy atom. The first-order chi connectivity index (χ1) is 18.7. The second kappa shape index (κ2) is 8.91. The van der Waals surface area contributed by atoms with Gasteiger partial charge in [0.15, 0.2) is 0 Å². The number of nitrogens with zero attached hydrogens (tertiary/aromatic N) is 2. The Kier molecular flexibility index (Phi) is 5.72. The summed E-state index contributed by atoms with van der Waals surface area (Å²) in [6.07, 6.45) is 1.67. The minimum atomic E-state index is -0.566. The highest BCUT2D eigenvalue weighted by Gasteiger charge is 2.48. The monoisotopic (exact) mass is 516 g/mol. The number of fused-ring (bicyclic) bond motifs is 1. The first-order valence-corrected chi connectivity index (χ1v) is 13.6. The van der Waals surface area contributed by atoms with Gasteiger partial charge >= 0.3 is 0 Å². The van der Waals surface area contributed by atoms with Gasteiger partial charge < -0.3 is 4.90 Å². The maximum absolute atomic E-state index is 14.1. The first-order valence-electron chi connectivity index (χ1n) is 13.6. The van der Waals surface area contributed by atoms with E-state index in [2.05, 4.69) is 58.0 Å². The number of hydrogen-bond donors (Lipinski definition) is 0. The molecular formula is C34H32N2O3. The van der Waals surface area contributed by atoms with Gasteiger partial charge in [-0.2, -0.15) is 0 Å². The summed E-state index contributed by atoms with van der Waals surface area (Å²) in [6, 6.07) is 27.6. The topological polar surface area (TPSA) is 57.7 Å². The lowest BCUT2D eigenvalue weighted by molar-refractivity contribution is -0.120. The molecule has 0 fully saturated rings. The number of carbonyl (C=O) groups is 3. The van der Waals surface area contributed by atoms with Crippen LogP contribution in [-0.4, -0.2) is 34.7 Å². The average molecular weight is 517 g/mol. The second-order valence-corrected chi connectivity index (χ2v) is 11.5. The molecule has 0 aliphatic carbocycles. The van der Waals surface area contributed by atoms with Crippen LogP contribution in [0, 0.1) is 0 Å². The first kappa shape index (κ1) is 25.1. The molecule has 0 spiro atoms. The van der Waals surface area contributed by atoms with E-state index >= 15 is 0 Å². The number of hydrogen-bond acceptors (Lipinski definition) is 3. The van der Waals surface area contributed by atoms with Crippen LogP contribution in [-0.2, 0) is 16.6 Å². The molecule has 2 aliphatic heterocycles. The molecule has 0 saturated carbocycles. The maximum Gasteiger partial charge on any atom is 0.261 e. The lowest BCUT2D eigenvalue weighted by atomic mass is 9.65. The normalized spacial score (nSPS) is 19.8.